The second-order valence-corrected chi connectivity index (χ2v) is 2.57. The Morgan fingerprint density at radius 2 is 2.30 bits per heavy atom. The highest BCUT2D eigenvalue weighted by Gasteiger charge is 1.93. The summed E-state index contributed by atoms with van der Waals surface area (Å²) in [6, 6.07) is 0. The van der Waals surface area contributed by atoms with Gasteiger partial charge in [-0.2, -0.15) is 0 Å². The summed E-state index contributed by atoms with van der Waals surface area (Å²) < 4.78 is 0. The summed E-state index contributed by atoms with van der Waals surface area (Å²) >= 11 is 0. The lowest BCUT2D eigenvalue weighted by Crippen LogP contribution is -1.87. The van der Waals surface area contributed by atoms with Crippen molar-refractivity contribution in [3.63, 3.8) is 0 Å². The van der Waals surface area contributed by atoms with Crippen LogP contribution in [0.5, 0.6) is 0 Å². The molecule has 0 fully saturated rings. The molecule has 0 saturated carbocycles. The first-order valence-electron chi connectivity index (χ1n) is 3.78. The first-order valence-corrected chi connectivity index (χ1v) is 3.78. The minimum Gasteiger partial charge on any atom is -0.133 e. The molecular weight excluding hydrogens is 120 g/mol. The van der Waals surface area contributed by atoms with Crippen molar-refractivity contribution in [1.82, 2.24) is 0 Å². The number of rotatable bonds is 5. The van der Waals surface area contributed by atoms with Crippen LogP contribution in [0.3, 0.4) is 0 Å². The molecule has 0 saturated heterocycles. The van der Waals surface area contributed by atoms with Crippen molar-refractivity contribution in [3.8, 4) is 0 Å². The van der Waals surface area contributed by atoms with Crippen molar-refractivity contribution >= 4 is 0 Å². The lowest BCUT2D eigenvalue weighted by molar-refractivity contribution is 0.613. The van der Waals surface area contributed by atoms with E-state index in [0.29, 0.717) is 5.92 Å². The Balaban J connectivity index is 3.29. The van der Waals surface area contributed by atoms with Gasteiger partial charge in [0.1, 0.15) is 0 Å². The Labute approximate surface area is 64.0 Å². The van der Waals surface area contributed by atoms with Crippen molar-refractivity contribution in [2.24, 2.45) is 5.92 Å². The first-order chi connectivity index (χ1) is 4.81. The molecule has 56 valence electrons. The quantitative estimate of drug-likeness (QED) is 0.309. The van der Waals surface area contributed by atoms with Gasteiger partial charge < -0.3 is 0 Å². The highest BCUT2D eigenvalue weighted by molar-refractivity contribution is 4.82. The molecule has 0 radical (unpaired) electrons. The van der Waals surface area contributed by atoms with E-state index < -0.39 is 0 Å². The van der Waals surface area contributed by atoms with Crippen molar-refractivity contribution in [2.75, 3.05) is 0 Å². The topological polar surface area (TPSA) is 0 Å². The molecule has 0 N–H and O–H groups in total. The van der Waals surface area contributed by atoms with Crippen molar-refractivity contribution in [3.05, 3.63) is 31.0 Å². The summed E-state index contributed by atoms with van der Waals surface area (Å²) in [4.78, 5) is 0. The highest BCUT2D eigenvalue weighted by atomic mass is 14.0. The first kappa shape index (κ1) is 9.26. The van der Waals surface area contributed by atoms with Crippen LogP contribution in [0.15, 0.2) is 31.0 Å². The Morgan fingerprint density at radius 3 is 2.80 bits per heavy atom. The third-order valence-corrected chi connectivity index (χ3v) is 1.47. The van der Waals surface area contributed by atoms with E-state index in [1.54, 1.807) is 0 Å². The molecule has 0 aromatic rings. The number of allylic oxidation sites excluding steroid dienone is 2. The van der Waals surface area contributed by atoms with Crippen LogP contribution in [0.4, 0.5) is 0 Å². The van der Waals surface area contributed by atoms with E-state index in [1.165, 1.54) is 12.8 Å². The van der Waals surface area contributed by atoms with Crippen LogP contribution in [0.2, 0.25) is 0 Å². The molecule has 0 rings (SSSR count). The lowest BCUT2D eigenvalue weighted by Gasteiger charge is -2.01. The predicted octanol–water partition coefficient (Wildman–Crippen LogP) is 3.32. The smallest absolute Gasteiger partial charge is 0.0186 e. The molecule has 1 unspecified atom stereocenters. The van der Waals surface area contributed by atoms with Crippen molar-refractivity contribution in [1.29, 1.82) is 0 Å². The van der Waals surface area contributed by atoms with Gasteiger partial charge in [0.15, 0.2) is 0 Å². The Morgan fingerprint density at radius 1 is 1.60 bits per heavy atom. The van der Waals surface area contributed by atoms with Gasteiger partial charge in [-0.05, 0) is 31.3 Å². The van der Waals surface area contributed by atoms with Crippen molar-refractivity contribution < 1.29 is 0 Å². The van der Waals surface area contributed by atoms with Crippen LogP contribution >= 0.6 is 0 Å². The van der Waals surface area contributed by atoms with Gasteiger partial charge in [-0.25, -0.2) is 0 Å². The number of hydrogen-bond acceptors (Lipinski definition) is 0. The molecule has 0 bridgehead atoms. The molecule has 0 heterocycles. The Bertz CT molecular complexity index is 127. The second kappa shape index (κ2) is 6.38. The van der Waals surface area contributed by atoms with Gasteiger partial charge >= 0.3 is 0 Å². The highest BCUT2D eigenvalue weighted by Crippen LogP contribution is 2.08. The third kappa shape index (κ3) is 5.40. The maximum atomic E-state index is 3.67. The maximum absolute atomic E-state index is 3.67. The van der Waals surface area contributed by atoms with Crippen molar-refractivity contribution in [2.45, 2.75) is 26.2 Å². The third-order valence-electron chi connectivity index (χ3n) is 1.47. The van der Waals surface area contributed by atoms with Crippen LogP contribution in [0, 0.1) is 5.92 Å². The van der Waals surface area contributed by atoms with E-state index >= 15 is 0 Å². The van der Waals surface area contributed by atoms with Crippen LogP contribution in [0.1, 0.15) is 26.2 Å². The molecule has 0 heteroatoms. The van der Waals surface area contributed by atoms with E-state index in [1.807, 2.05) is 12.2 Å². The van der Waals surface area contributed by atoms with Gasteiger partial charge in [0.05, 0.1) is 0 Å². The molecule has 1 atom stereocenters. The molecule has 0 aliphatic rings. The fourth-order valence-corrected chi connectivity index (χ4v) is 0.869. The summed E-state index contributed by atoms with van der Waals surface area (Å²) in [6.45, 7) is 9.38. The van der Waals surface area contributed by atoms with Gasteiger partial charge in [0.25, 0.3) is 0 Å². The molecule has 0 aromatic heterocycles. The normalized spacial score (nSPS) is 11.7. The van der Waals surface area contributed by atoms with Gasteiger partial charge in [-0.15, -0.1) is 12.3 Å². The Hall–Kier alpha value is -0.740. The lowest BCUT2D eigenvalue weighted by atomic mass is 10.0. The molecule has 0 amide bonds. The summed E-state index contributed by atoms with van der Waals surface area (Å²) in [7, 11) is 0. The minimum absolute atomic E-state index is 0.623. The fourth-order valence-electron chi connectivity index (χ4n) is 0.869. The molecule has 10 heavy (non-hydrogen) atoms. The summed E-state index contributed by atoms with van der Waals surface area (Å²) in [5, 5.41) is 0. The molecule has 0 spiro atoms. The van der Waals surface area contributed by atoms with Gasteiger partial charge in [-0.1, -0.05) is 19.6 Å². The van der Waals surface area contributed by atoms with Gasteiger partial charge in [0.2, 0.25) is 0 Å². The minimum atomic E-state index is 0.623. The molecular formula is C10H16. The van der Waals surface area contributed by atoms with E-state index in [-0.39, 0.29) is 0 Å². The van der Waals surface area contributed by atoms with E-state index in [0.717, 1.165) is 6.42 Å². The SMILES string of the molecule is C=C=CC(C)CCCC=C. The maximum Gasteiger partial charge on any atom is -0.0186 e. The summed E-state index contributed by atoms with van der Waals surface area (Å²) in [5.74, 6) is 0.623. The zero-order valence-corrected chi connectivity index (χ0v) is 6.77. The summed E-state index contributed by atoms with van der Waals surface area (Å²) in [5.41, 5.74) is 2.79. The van der Waals surface area contributed by atoms with Crippen LogP contribution < -0.4 is 0 Å². The predicted molar refractivity (Wildman–Crippen MR) is 46.9 cm³/mol. The fraction of sp³-hybridized carbons (Fsp3) is 0.500. The number of hydrogen-bond donors (Lipinski definition) is 0. The average molecular weight is 136 g/mol. The number of unbranched alkanes of at least 4 members (excludes halogenated alkanes) is 1. The van der Waals surface area contributed by atoms with Crippen LogP contribution in [-0.4, -0.2) is 0 Å². The zero-order chi connectivity index (χ0) is 7.82. The second-order valence-electron chi connectivity index (χ2n) is 2.57. The van der Waals surface area contributed by atoms with E-state index in [4.69, 9.17) is 0 Å². The largest absolute Gasteiger partial charge is 0.133 e. The zero-order valence-electron chi connectivity index (χ0n) is 6.77. The molecule has 0 nitrogen and oxygen atoms in total. The molecule has 0 aliphatic carbocycles. The summed E-state index contributed by atoms with van der Waals surface area (Å²) in [6.07, 6.45) is 7.54. The molecule has 0 aliphatic heterocycles. The van der Waals surface area contributed by atoms with Crippen LogP contribution in [-0.2, 0) is 0 Å². The average Bonchev–Trinajstić information content (AvgIpc) is 1.89. The van der Waals surface area contributed by atoms with E-state index in [9.17, 15) is 0 Å². The van der Waals surface area contributed by atoms with Crippen LogP contribution in [0.25, 0.3) is 0 Å². The van der Waals surface area contributed by atoms with Gasteiger partial charge in [-0.3, -0.25) is 0 Å². The monoisotopic (exact) mass is 136 g/mol. The standard InChI is InChI=1S/C10H16/c1-4-6-7-9-10(3)8-5-2/h4,8,10H,1-2,6-7,9H2,3H3. The van der Waals surface area contributed by atoms with E-state index in [2.05, 4.69) is 25.8 Å². The molecule has 0 aromatic carbocycles. The van der Waals surface area contributed by atoms with Gasteiger partial charge in [0, 0.05) is 0 Å². The Kier molecular flexibility index (Phi) is 5.91.